The Balaban J connectivity index is 0.000000354. The fraction of sp³-hybridized carbons (Fsp3) is 0.600. The Morgan fingerprint density at radius 2 is 1.58 bits per heavy atom. The van der Waals surface area contributed by atoms with Crippen molar-refractivity contribution in [3.8, 4) is 0 Å². The quantitative estimate of drug-likeness (QED) is 0.592. The van der Waals surface area contributed by atoms with Crippen molar-refractivity contribution in [3.63, 3.8) is 0 Å². The van der Waals surface area contributed by atoms with E-state index in [0.29, 0.717) is 0 Å². The van der Waals surface area contributed by atoms with Crippen molar-refractivity contribution in [2.75, 3.05) is 0 Å². The fourth-order valence-electron chi connectivity index (χ4n) is 0.679. The Labute approximate surface area is 75.0 Å². The lowest BCUT2D eigenvalue weighted by atomic mass is 10.2. The lowest BCUT2D eigenvalue weighted by Crippen LogP contribution is -1.91. The van der Waals surface area contributed by atoms with E-state index in [4.69, 9.17) is 0 Å². The van der Waals surface area contributed by atoms with Gasteiger partial charge in [-0.15, -0.1) is 0 Å². The summed E-state index contributed by atoms with van der Waals surface area (Å²) >= 11 is 0. The molecule has 0 saturated carbocycles. The molecule has 0 N–H and O–H groups in total. The van der Waals surface area contributed by atoms with Gasteiger partial charge in [0, 0.05) is 0 Å². The van der Waals surface area contributed by atoms with E-state index in [1.54, 1.807) is 0 Å². The molecule has 0 radical (unpaired) electrons. The van der Waals surface area contributed by atoms with E-state index in [1.165, 1.54) is 12.0 Å². The van der Waals surface area contributed by atoms with Crippen LogP contribution in [-0.2, 0) is 0 Å². The van der Waals surface area contributed by atoms with Gasteiger partial charge in [-0.2, -0.15) is 10.2 Å². The van der Waals surface area contributed by atoms with Gasteiger partial charge in [0.25, 0.3) is 0 Å². The van der Waals surface area contributed by atoms with E-state index in [-0.39, 0.29) is 0 Å². The van der Waals surface area contributed by atoms with Crippen molar-refractivity contribution >= 4 is 0 Å². The summed E-state index contributed by atoms with van der Waals surface area (Å²) in [6.07, 6.45) is 1.25. The van der Waals surface area contributed by atoms with Gasteiger partial charge in [0.05, 0.1) is 11.4 Å². The Kier molecular flexibility index (Phi) is 5.26. The topological polar surface area (TPSA) is 25.8 Å². The van der Waals surface area contributed by atoms with Gasteiger partial charge in [-0.1, -0.05) is 20.3 Å². The monoisotopic (exact) mass is 166 g/mol. The van der Waals surface area contributed by atoms with Crippen molar-refractivity contribution in [1.82, 2.24) is 10.2 Å². The summed E-state index contributed by atoms with van der Waals surface area (Å²) in [5.74, 6) is 0. The highest BCUT2D eigenvalue weighted by Crippen LogP contribution is 2.00. The number of aryl methyl sites for hydroxylation is 3. The Morgan fingerprint density at radius 3 is 1.92 bits per heavy atom. The molecule has 1 aromatic rings. The molecule has 12 heavy (non-hydrogen) atoms. The van der Waals surface area contributed by atoms with Gasteiger partial charge in [0.1, 0.15) is 0 Å². The maximum absolute atomic E-state index is 3.93. The molecule has 1 rings (SSSR count). The number of hydrogen-bond acceptors (Lipinski definition) is 2. The molecule has 0 aromatic carbocycles. The van der Waals surface area contributed by atoms with Crippen LogP contribution in [0.1, 0.15) is 37.2 Å². The molecule has 0 saturated heterocycles. The highest BCUT2D eigenvalue weighted by atomic mass is 15.1. The Morgan fingerprint density at radius 1 is 1.08 bits per heavy atom. The SMILES string of the molecule is CCC.Cc1cc(C)c(C)nn1. The largest absolute Gasteiger partial charge is 0.156 e. The third kappa shape index (κ3) is 4.06. The molecule has 2 nitrogen and oxygen atoms in total. The van der Waals surface area contributed by atoms with Gasteiger partial charge in [-0.25, -0.2) is 0 Å². The molecule has 0 atom stereocenters. The van der Waals surface area contributed by atoms with Crippen molar-refractivity contribution in [3.05, 3.63) is 23.0 Å². The highest BCUT2D eigenvalue weighted by Gasteiger charge is 1.92. The summed E-state index contributed by atoms with van der Waals surface area (Å²) in [5, 5.41) is 7.82. The highest BCUT2D eigenvalue weighted by molar-refractivity contribution is 5.16. The summed E-state index contributed by atoms with van der Waals surface area (Å²) in [5.41, 5.74) is 3.21. The van der Waals surface area contributed by atoms with Crippen LogP contribution >= 0.6 is 0 Å². The molecule has 0 aliphatic heterocycles. The van der Waals surface area contributed by atoms with Crippen LogP contribution in [0.2, 0.25) is 0 Å². The first-order chi connectivity index (χ1) is 5.61. The minimum Gasteiger partial charge on any atom is -0.156 e. The average Bonchev–Trinajstić information content (AvgIpc) is 1.99. The second kappa shape index (κ2) is 5.70. The number of aromatic nitrogens is 2. The fourth-order valence-corrected chi connectivity index (χ4v) is 0.679. The first-order valence-corrected chi connectivity index (χ1v) is 4.39. The number of hydrogen-bond donors (Lipinski definition) is 0. The lowest BCUT2D eigenvalue weighted by Gasteiger charge is -1.95. The van der Waals surface area contributed by atoms with Crippen LogP contribution in [0.15, 0.2) is 6.07 Å². The second-order valence-corrected chi connectivity index (χ2v) is 2.96. The molecule has 0 spiro atoms. The summed E-state index contributed by atoms with van der Waals surface area (Å²) < 4.78 is 0. The van der Waals surface area contributed by atoms with E-state index >= 15 is 0 Å². The van der Waals surface area contributed by atoms with Crippen molar-refractivity contribution < 1.29 is 0 Å². The second-order valence-electron chi connectivity index (χ2n) is 2.96. The first-order valence-electron chi connectivity index (χ1n) is 4.39. The summed E-state index contributed by atoms with van der Waals surface area (Å²) in [6, 6.07) is 2.03. The molecule has 0 aliphatic rings. The third-order valence-electron chi connectivity index (χ3n) is 1.35. The summed E-state index contributed by atoms with van der Waals surface area (Å²) in [4.78, 5) is 0. The first kappa shape index (κ1) is 11.1. The smallest absolute Gasteiger partial charge is 0.0629 e. The summed E-state index contributed by atoms with van der Waals surface area (Å²) in [7, 11) is 0. The van der Waals surface area contributed by atoms with Gasteiger partial charge in [-0.05, 0) is 32.4 Å². The van der Waals surface area contributed by atoms with E-state index in [9.17, 15) is 0 Å². The van der Waals surface area contributed by atoms with Crippen LogP contribution in [-0.4, -0.2) is 10.2 Å². The number of rotatable bonds is 0. The average molecular weight is 166 g/mol. The van der Waals surface area contributed by atoms with Crippen LogP contribution in [0.25, 0.3) is 0 Å². The zero-order valence-electron chi connectivity index (χ0n) is 8.68. The van der Waals surface area contributed by atoms with Gasteiger partial charge in [0.15, 0.2) is 0 Å². The third-order valence-corrected chi connectivity index (χ3v) is 1.35. The van der Waals surface area contributed by atoms with Crippen molar-refractivity contribution in [2.45, 2.75) is 41.0 Å². The van der Waals surface area contributed by atoms with Gasteiger partial charge < -0.3 is 0 Å². The minimum absolute atomic E-state index is 0.984. The predicted octanol–water partition coefficient (Wildman–Crippen LogP) is 2.82. The predicted molar refractivity (Wildman–Crippen MR) is 52.2 cm³/mol. The Hall–Kier alpha value is -0.920. The van der Waals surface area contributed by atoms with E-state index < -0.39 is 0 Å². The summed E-state index contributed by atoms with van der Waals surface area (Å²) in [6.45, 7) is 10.2. The van der Waals surface area contributed by atoms with Crippen LogP contribution < -0.4 is 0 Å². The standard InChI is InChI=1S/C7H10N2.C3H8/c1-5-4-6(2)8-9-7(5)3;1-3-2/h4H,1-3H3;3H2,1-2H3. The van der Waals surface area contributed by atoms with E-state index in [2.05, 4.69) is 24.0 Å². The van der Waals surface area contributed by atoms with Crippen LogP contribution in [0.4, 0.5) is 0 Å². The molecule has 1 heterocycles. The molecule has 0 amide bonds. The zero-order chi connectivity index (χ0) is 9.56. The van der Waals surface area contributed by atoms with Crippen molar-refractivity contribution in [1.29, 1.82) is 0 Å². The molecular formula is C10H18N2. The normalized spacial score (nSPS) is 8.75. The van der Waals surface area contributed by atoms with Gasteiger partial charge in [0.2, 0.25) is 0 Å². The molecular weight excluding hydrogens is 148 g/mol. The maximum atomic E-state index is 3.93. The molecule has 0 fully saturated rings. The van der Waals surface area contributed by atoms with Crippen LogP contribution in [0, 0.1) is 20.8 Å². The minimum atomic E-state index is 0.984. The molecule has 0 aliphatic carbocycles. The van der Waals surface area contributed by atoms with Crippen LogP contribution in [0.5, 0.6) is 0 Å². The zero-order valence-corrected chi connectivity index (χ0v) is 8.68. The molecule has 0 unspecified atom stereocenters. The molecule has 1 aromatic heterocycles. The van der Waals surface area contributed by atoms with Gasteiger partial charge in [-0.3, -0.25) is 0 Å². The molecule has 2 heteroatoms. The Bertz CT molecular complexity index is 231. The van der Waals surface area contributed by atoms with Crippen molar-refractivity contribution in [2.24, 2.45) is 0 Å². The van der Waals surface area contributed by atoms with Crippen LogP contribution in [0.3, 0.4) is 0 Å². The molecule has 68 valence electrons. The number of nitrogens with zero attached hydrogens (tertiary/aromatic N) is 2. The lowest BCUT2D eigenvalue weighted by molar-refractivity contribution is 0.924. The van der Waals surface area contributed by atoms with E-state index in [0.717, 1.165) is 11.4 Å². The van der Waals surface area contributed by atoms with Gasteiger partial charge >= 0.3 is 0 Å². The molecule has 0 bridgehead atoms. The van der Waals surface area contributed by atoms with E-state index in [1.807, 2.05) is 26.8 Å². The maximum Gasteiger partial charge on any atom is 0.0629 e.